The average Bonchev–Trinajstić information content (AvgIpc) is 2.20. The Hall–Kier alpha value is -0.0400. The highest BCUT2D eigenvalue weighted by Gasteiger charge is 2.30. The molecular formula is C14H27N. The Balaban J connectivity index is 1.80. The molecule has 2 aliphatic rings. The van der Waals surface area contributed by atoms with Crippen molar-refractivity contribution in [1.29, 1.82) is 0 Å². The molecule has 0 aromatic heterocycles. The summed E-state index contributed by atoms with van der Waals surface area (Å²) in [5.41, 5.74) is 0.610. The molecule has 0 atom stereocenters. The van der Waals surface area contributed by atoms with Crippen molar-refractivity contribution in [2.45, 2.75) is 65.3 Å². The Morgan fingerprint density at radius 1 is 0.933 bits per heavy atom. The summed E-state index contributed by atoms with van der Waals surface area (Å²) in [5, 5.41) is 0. The van der Waals surface area contributed by atoms with Crippen molar-refractivity contribution >= 4 is 0 Å². The molecule has 1 aliphatic heterocycles. The van der Waals surface area contributed by atoms with Crippen LogP contribution in [-0.2, 0) is 0 Å². The van der Waals surface area contributed by atoms with Gasteiger partial charge in [-0.2, -0.15) is 0 Å². The molecule has 0 amide bonds. The fourth-order valence-corrected chi connectivity index (χ4v) is 3.10. The maximum absolute atomic E-state index is 2.77. The Kier molecular flexibility index (Phi) is 3.39. The molecule has 0 unspecified atom stereocenters. The van der Waals surface area contributed by atoms with Crippen LogP contribution in [0.4, 0.5) is 0 Å². The van der Waals surface area contributed by atoms with Gasteiger partial charge in [-0.25, -0.2) is 0 Å². The van der Waals surface area contributed by atoms with Crippen molar-refractivity contribution in [2.24, 2.45) is 11.3 Å². The van der Waals surface area contributed by atoms with Crippen molar-refractivity contribution in [2.75, 3.05) is 13.1 Å². The van der Waals surface area contributed by atoms with Crippen LogP contribution in [0.1, 0.15) is 59.3 Å². The van der Waals surface area contributed by atoms with Crippen LogP contribution in [0.15, 0.2) is 0 Å². The molecule has 15 heavy (non-hydrogen) atoms. The lowest BCUT2D eigenvalue weighted by Gasteiger charge is -2.43. The first-order valence-corrected chi connectivity index (χ1v) is 6.81. The van der Waals surface area contributed by atoms with Crippen LogP contribution < -0.4 is 0 Å². The van der Waals surface area contributed by atoms with E-state index in [9.17, 15) is 0 Å². The van der Waals surface area contributed by atoms with E-state index in [0.717, 1.165) is 12.0 Å². The Morgan fingerprint density at radius 3 is 2.00 bits per heavy atom. The molecule has 1 aliphatic carbocycles. The Bertz CT molecular complexity index is 191. The van der Waals surface area contributed by atoms with Crippen molar-refractivity contribution < 1.29 is 0 Å². The predicted molar refractivity (Wildman–Crippen MR) is 66.0 cm³/mol. The maximum atomic E-state index is 2.77. The summed E-state index contributed by atoms with van der Waals surface area (Å²) in [7, 11) is 0. The first-order chi connectivity index (χ1) is 7.07. The predicted octanol–water partition coefficient (Wildman–Crippen LogP) is 3.69. The largest absolute Gasteiger partial charge is 0.300 e. The Labute approximate surface area is 95.2 Å². The van der Waals surface area contributed by atoms with E-state index in [4.69, 9.17) is 0 Å². The zero-order valence-corrected chi connectivity index (χ0v) is 10.8. The van der Waals surface area contributed by atoms with Gasteiger partial charge in [0.1, 0.15) is 0 Å². The van der Waals surface area contributed by atoms with Crippen molar-refractivity contribution in [3.63, 3.8) is 0 Å². The monoisotopic (exact) mass is 209 g/mol. The molecule has 0 N–H and O–H groups in total. The third-order valence-electron chi connectivity index (χ3n) is 4.65. The molecule has 2 fully saturated rings. The molecule has 0 aromatic rings. The minimum atomic E-state index is 0.610. The van der Waals surface area contributed by atoms with E-state index >= 15 is 0 Å². The molecule has 1 heterocycles. The van der Waals surface area contributed by atoms with E-state index in [1.807, 2.05) is 0 Å². The highest BCUT2D eigenvalue weighted by molar-refractivity contribution is 4.84. The standard InChI is InChI=1S/C14H27N/c1-12-4-6-13(7-5-12)15-10-8-14(2,3)9-11-15/h12-13H,4-11H2,1-3H3. The molecule has 0 spiro atoms. The number of hydrogen-bond donors (Lipinski definition) is 0. The topological polar surface area (TPSA) is 3.24 Å². The van der Waals surface area contributed by atoms with Gasteiger partial charge in [0, 0.05) is 6.04 Å². The van der Waals surface area contributed by atoms with Gasteiger partial charge in [-0.1, -0.05) is 20.8 Å². The molecule has 1 heteroatoms. The molecule has 88 valence electrons. The smallest absolute Gasteiger partial charge is 0.00954 e. The first-order valence-electron chi connectivity index (χ1n) is 6.81. The summed E-state index contributed by atoms with van der Waals surface area (Å²) in [6.07, 6.45) is 8.65. The summed E-state index contributed by atoms with van der Waals surface area (Å²) in [6, 6.07) is 0.928. The summed E-state index contributed by atoms with van der Waals surface area (Å²) in [4.78, 5) is 2.77. The van der Waals surface area contributed by atoms with Crippen LogP contribution in [0.2, 0.25) is 0 Å². The molecule has 0 bridgehead atoms. The van der Waals surface area contributed by atoms with Gasteiger partial charge in [-0.3, -0.25) is 0 Å². The number of rotatable bonds is 1. The van der Waals surface area contributed by atoms with Crippen molar-refractivity contribution in [3.8, 4) is 0 Å². The van der Waals surface area contributed by atoms with Crippen LogP contribution in [0, 0.1) is 11.3 Å². The van der Waals surface area contributed by atoms with E-state index in [-0.39, 0.29) is 0 Å². The van der Waals surface area contributed by atoms with E-state index < -0.39 is 0 Å². The first kappa shape index (κ1) is 11.4. The molecule has 1 saturated heterocycles. The quantitative estimate of drug-likeness (QED) is 0.636. The van der Waals surface area contributed by atoms with Gasteiger partial charge in [0.2, 0.25) is 0 Å². The number of piperidine rings is 1. The van der Waals surface area contributed by atoms with Gasteiger partial charge in [0.05, 0.1) is 0 Å². The molecule has 0 radical (unpaired) electrons. The lowest BCUT2D eigenvalue weighted by Crippen LogP contribution is -2.44. The molecular weight excluding hydrogens is 182 g/mol. The van der Waals surface area contributed by atoms with Gasteiger partial charge in [0.25, 0.3) is 0 Å². The van der Waals surface area contributed by atoms with Gasteiger partial charge in [-0.15, -0.1) is 0 Å². The molecule has 0 aromatic carbocycles. The Morgan fingerprint density at radius 2 is 1.47 bits per heavy atom. The van der Waals surface area contributed by atoms with E-state index in [0.29, 0.717) is 5.41 Å². The minimum Gasteiger partial charge on any atom is -0.300 e. The van der Waals surface area contributed by atoms with Crippen LogP contribution >= 0.6 is 0 Å². The van der Waals surface area contributed by atoms with Gasteiger partial charge >= 0.3 is 0 Å². The second-order valence-electron chi connectivity index (χ2n) is 6.61. The average molecular weight is 209 g/mol. The summed E-state index contributed by atoms with van der Waals surface area (Å²) in [6.45, 7) is 9.97. The second-order valence-corrected chi connectivity index (χ2v) is 6.61. The van der Waals surface area contributed by atoms with Crippen molar-refractivity contribution in [3.05, 3.63) is 0 Å². The third kappa shape index (κ3) is 2.96. The summed E-state index contributed by atoms with van der Waals surface area (Å²) in [5.74, 6) is 0.988. The molecule has 1 nitrogen and oxygen atoms in total. The zero-order chi connectivity index (χ0) is 10.9. The summed E-state index contributed by atoms with van der Waals surface area (Å²) < 4.78 is 0. The minimum absolute atomic E-state index is 0.610. The normalized spacial score (nSPS) is 37.8. The van der Waals surface area contributed by atoms with Crippen LogP contribution in [0.25, 0.3) is 0 Å². The van der Waals surface area contributed by atoms with Gasteiger partial charge < -0.3 is 4.90 Å². The second kappa shape index (κ2) is 4.45. The third-order valence-corrected chi connectivity index (χ3v) is 4.65. The maximum Gasteiger partial charge on any atom is 0.00954 e. The van der Waals surface area contributed by atoms with Crippen LogP contribution in [0.3, 0.4) is 0 Å². The number of hydrogen-bond acceptors (Lipinski definition) is 1. The number of likely N-dealkylation sites (tertiary alicyclic amines) is 1. The SMILES string of the molecule is CC1CCC(N2CCC(C)(C)CC2)CC1. The van der Waals surface area contributed by atoms with Crippen LogP contribution in [-0.4, -0.2) is 24.0 Å². The van der Waals surface area contributed by atoms with Gasteiger partial charge in [-0.05, 0) is 62.9 Å². The lowest BCUT2D eigenvalue weighted by molar-refractivity contribution is 0.0693. The van der Waals surface area contributed by atoms with Gasteiger partial charge in [0.15, 0.2) is 0 Å². The molecule has 2 rings (SSSR count). The summed E-state index contributed by atoms with van der Waals surface area (Å²) >= 11 is 0. The van der Waals surface area contributed by atoms with Crippen molar-refractivity contribution in [1.82, 2.24) is 4.90 Å². The zero-order valence-electron chi connectivity index (χ0n) is 10.8. The highest BCUT2D eigenvalue weighted by Crippen LogP contribution is 2.34. The fraction of sp³-hybridized carbons (Fsp3) is 1.00. The van der Waals surface area contributed by atoms with Crippen LogP contribution in [0.5, 0.6) is 0 Å². The van der Waals surface area contributed by atoms with E-state index in [1.165, 1.54) is 51.6 Å². The highest BCUT2D eigenvalue weighted by atomic mass is 15.2. The molecule has 1 saturated carbocycles. The lowest BCUT2D eigenvalue weighted by atomic mass is 9.80. The van der Waals surface area contributed by atoms with E-state index in [2.05, 4.69) is 25.7 Å². The van der Waals surface area contributed by atoms with E-state index in [1.54, 1.807) is 0 Å². The number of nitrogens with zero attached hydrogens (tertiary/aromatic N) is 1. The fourth-order valence-electron chi connectivity index (χ4n) is 3.10.